The number of azide groups is 1. The van der Waals surface area contributed by atoms with Gasteiger partial charge < -0.3 is 20.4 Å². The molecule has 0 aliphatic carbocycles. The Morgan fingerprint density at radius 3 is 2.31 bits per heavy atom. The van der Waals surface area contributed by atoms with Crippen molar-refractivity contribution < 1.29 is 20.4 Å². The van der Waals surface area contributed by atoms with E-state index in [4.69, 9.17) is 5.53 Å². The lowest BCUT2D eigenvalue weighted by Gasteiger charge is -2.18. The van der Waals surface area contributed by atoms with Crippen LogP contribution < -0.4 is 0 Å². The molecule has 0 saturated carbocycles. The number of aliphatic hydroxyl groups excluding tert-OH is 2. The largest absolute Gasteiger partial charge is 0.507 e. The van der Waals surface area contributed by atoms with Gasteiger partial charge in [-0.25, -0.2) is 0 Å². The summed E-state index contributed by atoms with van der Waals surface area (Å²) < 4.78 is 0. The molecule has 2 atom stereocenters. The van der Waals surface area contributed by atoms with Crippen LogP contribution in [0.4, 0.5) is 0 Å². The van der Waals surface area contributed by atoms with Gasteiger partial charge in [-0.05, 0) is 17.7 Å². The van der Waals surface area contributed by atoms with Crippen molar-refractivity contribution in [3.05, 3.63) is 34.2 Å². The second kappa shape index (κ2) is 5.22. The molecule has 86 valence electrons. The average Bonchev–Trinajstić information content (AvgIpc) is 2.25. The average molecular weight is 225 g/mol. The first-order valence-electron chi connectivity index (χ1n) is 4.45. The van der Waals surface area contributed by atoms with Crippen LogP contribution in [0.15, 0.2) is 23.3 Å². The van der Waals surface area contributed by atoms with Crippen molar-refractivity contribution in [1.29, 1.82) is 0 Å². The number of aliphatic hydroxyl groups is 2. The molecule has 0 aliphatic heterocycles. The summed E-state index contributed by atoms with van der Waals surface area (Å²) in [4.78, 5) is 2.43. The molecule has 4 N–H and O–H groups in total. The lowest BCUT2D eigenvalue weighted by molar-refractivity contribution is 0.0216. The quantitative estimate of drug-likeness (QED) is 0.343. The van der Waals surface area contributed by atoms with Crippen LogP contribution >= 0.6 is 0 Å². The zero-order chi connectivity index (χ0) is 12.1. The molecule has 0 spiro atoms. The summed E-state index contributed by atoms with van der Waals surface area (Å²) in [6.07, 6.45) is -2.92. The smallest absolute Gasteiger partial charge is 0.125 e. The predicted molar refractivity (Wildman–Crippen MR) is 54.8 cm³/mol. The maximum atomic E-state index is 9.62. The van der Waals surface area contributed by atoms with Crippen molar-refractivity contribution in [3.8, 4) is 11.5 Å². The van der Waals surface area contributed by atoms with Crippen LogP contribution in [0.2, 0.25) is 0 Å². The van der Waals surface area contributed by atoms with Gasteiger partial charge in [-0.3, -0.25) is 0 Å². The van der Waals surface area contributed by atoms with E-state index >= 15 is 0 Å². The van der Waals surface area contributed by atoms with E-state index in [1.807, 2.05) is 0 Å². The number of phenols is 2. The van der Waals surface area contributed by atoms with Gasteiger partial charge in [-0.15, -0.1) is 0 Å². The maximum Gasteiger partial charge on any atom is 0.125 e. The summed E-state index contributed by atoms with van der Waals surface area (Å²) in [6, 6.07) is 3.91. The van der Waals surface area contributed by atoms with Gasteiger partial charge in [-0.1, -0.05) is 11.2 Å². The lowest BCUT2D eigenvalue weighted by Crippen LogP contribution is -2.21. The van der Waals surface area contributed by atoms with Gasteiger partial charge in [0.2, 0.25) is 0 Å². The monoisotopic (exact) mass is 225 g/mol. The molecular formula is C9H11N3O4. The molecule has 1 aromatic rings. The third-order valence-electron chi connectivity index (χ3n) is 2.05. The molecular weight excluding hydrogens is 214 g/mol. The number of hydrogen-bond acceptors (Lipinski definition) is 5. The standard InChI is InChI=1S/C9H11N3O4/c10-12-11-4-7(15)9(16)8-5(13)2-1-3-6(8)14/h1-3,7,9,13-16H,4H2. The number of phenolic OH excluding ortho intramolecular Hbond substituents is 2. The van der Waals surface area contributed by atoms with E-state index in [0.29, 0.717) is 0 Å². The molecule has 1 rings (SSSR count). The van der Waals surface area contributed by atoms with Gasteiger partial charge in [0.1, 0.15) is 17.6 Å². The first-order chi connectivity index (χ1) is 7.57. The Kier molecular flexibility index (Phi) is 3.96. The molecule has 16 heavy (non-hydrogen) atoms. The molecule has 0 bridgehead atoms. The second-order valence-corrected chi connectivity index (χ2v) is 3.14. The van der Waals surface area contributed by atoms with E-state index in [-0.39, 0.29) is 23.6 Å². The molecule has 0 radical (unpaired) electrons. The zero-order valence-electron chi connectivity index (χ0n) is 8.22. The van der Waals surface area contributed by atoms with Crippen molar-refractivity contribution in [1.82, 2.24) is 0 Å². The minimum atomic E-state index is -1.52. The Labute approximate surface area is 90.8 Å². The Bertz CT molecular complexity index is 397. The van der Waals surface area contributed by atoms with E-state index in [1.54, 1.807) is 0 Å². The van der Waals surface area contributed by atoms with E-state index in [1.165, 1.54) is 18.2 Å². The first kappa shape index (κ1) is 12.1. The number of hydrogen-bond donors (Lipinski definition) is 4. The van der Waals surface area contributed by atoms with Crippen LogP contribution in [0.1, 0.15) is 11.7 Å². The third-order valence-corrected chi connectivity index (χ3v) is 2.05. The number of nitrogens with zero attached hydrogens (tertiary/aromatic N) is 3. The van der Waals surface area contributed by atoms with Crippen LogP contribution in [0.5, 0.6) is 11.5 Å². The van der Waals surface area contributed by atoms with Crippen LogP contribution in [0, 0.1) is 0 Å². The van der Waals surface area contributed by atoms with Gasteiger partial charge >= 0.3 is 0 Å². The summed E-state index contributed by atoms with van der Waals surface area (Å²) in [5.74, 6) is -0.681. The highest BCUT2D eigenvalue weighted by Crippen LogP contribution is 2.33. The van der Waals surface area contributed by atoms with Crippen molar-refractivity contribution in [3.63, 3.8) is 0 Å². The SMILES string of the molecule is [N-]=[N+]=NCC(O)C(O)c1c(O)cccc1O. The summed E-state index contributed by atoms with van der Waals surface area (Å²) in [5.41, 5.74) is 7.85. The van der Waals surface area contributed by atoms with Crippen molar-refractivity contribution in [2.75, 3.05) is 6.54 Å². The molecule has 0 amide bonds. The molecule has 1 aromatic carbocycles. The van der Waals surface area contributed by atoms with Gasteiger partial charge in [0, 0.05) is 4.91 Å². The maximum absolute atomic E-state index is 9.62. The Morgan fingerprint density at radius 1 is 1.25 bits per heavy atom. The fourth-order valence-corrected chi connectivity index (χ4v) is 1.26. The third kappa shape index (κ3) is 2.54. The van der Waals surface area contributed by atoms with Crippen molar-refractivity contribution in [2.24, 2.45) is 5.11 Å². The number of aromatic hydroxyl groups is 2. The van der Waals surface area contributed by atoms with Gasteiger partial charge in [0.05, 0.1) is 18.2 Å². The minimum absolute atomic E-state index is 0.192. The van der Waals surface area contributed by atoms with E-state index in [0.717, 1.165) is 0 Å². The summed E-state index contributed by atoms with van der Waals surface area (Å²) >= 11 is 0. The fraction of sp³-hybridized carbons (Fsp3) is 0.333. The highest BCUT2D eigenvalue weighted by Gasteiger charge is 2.23. The zero-order valence-corrected chi connectivity index (χ0v) is 8.22. The topological polar surface area (TPSA) is 130 Å². The fourth-order valence-electron chi connectivity index (χ4n) is 1.26. The predicted octanol–water partition coefficient (Wildman–Crippen LogP) is 0.802. The molecule has 7 heteroatoms. The van der Waals surface area contributed by atoms with Crippen molar-refractivity contribution >= 4 is 0 Å². The van der Waals surface area contributed by atoms with E-state index < -0.39 is 12.2 Å². The Balaban J connectivity index is 2.95. The van der Waals surface area contributed by atoms with Crippen LogP contribution in [-0.2, 0) is 0 Å². The van der Waals surface area contributed by atoms with E-state index in [9.17, 15) is 20.4 Å². The number of benzene rings is 1. The Morgan fingerprint density at radius 2 is 1.81 bits per heavy atom. The number of rotatable bonds is 4. The van der Waals surface area contributed by atoms with Crippen LogP contribution in [-0.4, -0.2) is 33.1 Å². The molecule has 2 unspecified atom stereocenters. The molecule has 0 heterocycles. The Hall–Kier alpha value is -1.95. The second-order valence-electron chi connectivity index (χ2n) is 3.14. The summed E-state index contributed by atoms with van der Waals surface area (Å²) in [6.45, 7) is -0.356. The highest BCUT2D eigenvalue weighted by atomic mass is 16.3. The molecule has 0 saturated heterocycles. The minimum Gasteiger partial charge on any atom is -0.507 e. The van der Waals surface area contributed by atoms with Gasteiger partial charge in [0.25, 0.3) is 0 Å². The molecule has 0 aromatic heterocycles. The van der Waals surface area contributed by atoms with Gasteiger partial charge in [0.15, 0.2) is 0 Å². The van der Waals surface area contributed by atoms with Crippen LogP contribution in [0.25, 0.3) is 10.4 Å². The summed E-state index contributed by atoms with van der Waals surface area (Å²) in [5, 5.41) is 40.9. The van der Waals surface area contributed by atoms with Crippen LogP contribution in [0.3, 0.4) is 0 Å². The van der Waals surface area contributed by atoms with Gasteiger partial charge in [-0.2, -0.15) is 0 Å². The highest BCUT2D eigenvalue weighted by molar-refractivity contribution is 5.44. The molecule has 0 aliphatic rings. The first-order valence-corrected chi connectivity index (χ1v) is 4.45. The molecule has 7 nitrogen and oxygen atoms in total. The lowest BCUT2D eigenvalue weighted by atomic mass is 10.0. The summed E-state index contributed by atoms with van der Waals surface area (Å²) in [7, 11) is 0. The molecule has 0 fully saturated rings. The normalized spacial score (nSPS) is 13.9. The van der Waals surface area contributed by atoms with E-state index in [2.05, 4.69) is 10.0 Å². The van der Waals surface area contributed by atoms with Crippen molar-refractivity contribution in [2.45, 2.75) is 12.2 Å².